The number of carbonyl (C=O) groups is 1. The standard InChI is InChI=1S/C20H30O5/c1-6-8-9-12-15(7-2)25-20(21)19(24-5)18(23-4)16-13-10-11-14-17(16)22-3/h10-11,13-15H,6-9,12H2,1-5H3. The van der Waals surface area contributed by atoms with Crippen LogP contribution in [0.25, 0.3) is 5.76 Å². The summed E-state index contributed by atoms with van der Waals surface area (Å²) in [5.74, 6) is 0.416. The Balaban J connectivity index is 3.05. The molecule has 1 aromatic rings. The van der Waals surface area contributed by atoms with Gasteiger partial charge in [-0.2, -0.15) is 0 Å². The normalized spacial score (nSPS) is 12.8. The van der Waals surface area contributed by atoms with Crippen molar-refractivity contribution in [3.63, 3.8) is 0 Å². The first kappa shape index (κ1) is 20.9. The Bertz CT molecular complexity index is 565. The van der Waals surface area contributed by atoms with Crippen molar-refractivity contribution in [2.75, 3.05) is 21.3 Å². The average Bonchev–Trinajstić information content (AvgIpc) is 2.65. The van der Waals surface area contributed by atoms with Crippen molar-refractivity contribution in [1.29, 1.82) is 0 Å². The molecule has 1 rings (SSSR count). The van der Waals surface area contributed by atoms with Gasteiger partial charge < -0.3 is 18.9 Å². The lowest BCUT2D eigenvalue weighted by Crippen LogP contribution is -2.21. The van der Waals surface area contributed by atoms with Crippen LogP contribution in [-0.2, 0) is 19.0 Å². The van der Waals surface area contributed by atoms with Crippen LogP contribution < -0.4 is 4.74 Å². The number of ether oxygens (including phenoxy) is 4. The molecule has 0 aromatic heterocycles. The minimum absolute atomic E-state index is 0.0425. The summed E-state index contributed by atoms with van der Waals surface area (Å²) in [4.78, 5) is 12.6. The molecule has 0 amide bonds. The van der Waals surface area contributed by atoms with Crippen LogP contribution >= 0.6 is 0 Å². The topological polar surface area (TPSA) is 54.0 Å². The molecule has 1 aromatic carbocycles. The van der Waals surface area contributed by atoms with Gasteiger partial charge in [0, 0.05) is 0 Å². The minimum Gasteiger partial charge on any atom is -0.496 e. The predicted molar refractivity (Wildman–Crippen MR) is 98.2 cm³/mol. The molecule has 0 radical (unpaired) electrons. The molecular formula is C20H30O5. The highest BCUT2D eigenvalue weighted by Gasteiger charge is 2.25. The van der Waals surface area contributed by atoms with Crippen LogP contribution in [0.1, 0.15) is 51.5 Å². The van der Waals surface area contributed by atoms with E-state index in [2.05, 4.69) is 6.92 Å². The van der Waals surface area contributed by atoms with Gasteiger partial charge in [0.1, 0.15) is 11.9 Å². The number of carbonyl (C=O) groups excluding carboxylic acids is 1. The molecule has 5 nitrogen and oxygen atoms in total. The van der Waals surface area contributed by atoms with E-state index in [0.29, 0.717) is 17.1 Å². The van der Waals surface area contributed by atoms with Crippen molar-refractivity contribution in [2.45, 2.75) is 52.1 Å². The molecule has 140 valence electrons. The van der Waals surface area contributed by atoms with Crippen LogP contribution in [0.15, 0.2) is 30.0 Å². The Hall–Kier alpha value is -2.17. The zero-order valence-electron chi connectivity index (χ0n) is 16.0. The zero-order chi connectivity index (χ0) is 18.7. The van der Waals surface area contributed by atoms with E-state index in [1.165, 1.54) is 14.2 Å². The van der Waals surface area contributed by atoms with E-state index < -0.39 is 5.97 Å². The average molecular weight is 350 g/mol. The maximum atomic E-state index is 12.6. The van der Waals surface area contributed by atoms with Crippen LogP contribution in [0, 0.1) is 0 Å². The zero-order valence-corrected chi connectivity index (χ0v) is 16.0. The van der Waals surface area contributed by atoms with E-state index in [1.807, 2.05) is 25.1 Å². The monoisotopic (exact) mass is 350 g/mol. The molecule has 0 N–H and O–H groups in total. The SMILES string of the molecule is CCCCCC(CC)OC(=O)C(OC)=C(OC)c1ccccc1OC. The molecule has 0 heterocycles. The Labute approximate surface area is 150 Å². The van der Waals surface area contributed by atoms with Crippen molar-refractivity contribution in [3.8, 4) is 5.75 Å². The predicted octanol–water partition coefficient (Wildman–Crippen LogP) is 4.56. The van der Waals surface area contributed by atoms with Gasteiger partial charge in [0.25, 0.3) is 0 Å². The lowest BCUT2D eigenvalue weighted by atomic mass is 10.1. The fourth-order valence-corrected chi connectivity index (χ4v) is 2.60. The number of methoxy groups -OCH3 is 3. The van der Waals surface area contributed by atoms with Crippen molar-refractivity contribution < 1.29 is 23.7 Å². The second kappa shape index (κ2) is 11.4. The number of unbranched alkanes of at least 4 members (excludes halogenated alkanes) is 2. The lowest BCUT2D eigenvalue weighted by Gasteiger charge is -2.19. The maximum absolute atomic E-state index is 12.6. The van der Waals surface area contributed by atoms with Gasteiger partial charge in [0.05, 0.1) is 26.9 Å². The van der Waals surface area contributed by atoms with Crippen molar-refractivity contribution >= 4 is 11.7 Å². The van der Waals surface area contributed by atoms with Crippen LogP contribution in [0.3, 0.4) is 0 Å². The number of hydrogen-bond donors (Lipinski definition) is 0. The Morgan fingerprint density at radius 1 is 1.04 bits per heavy atom. The molecule has 0 aliphatic carbocycles. The summed E-state index contributed by atoms with van der Waals surface area (Å²) < 4.78 is 21.7. The highest BCUT2D eigenvalue weighted by Crippen LogP contribution is 2.29. The molecule has 25 heavy (non-hydrogen) atoms. The van der Waals surface area contributed by atoms with Crippen molar-refractivity contribution in [3.05, 3.63) is 35.6 Å². The van der Waals surface area contributed by atoms with Gasteiger partial charge in [-0.05, 0) is 31.4 Å². The summed E-state index contributed by atoms with van der Waals surface area (Å²) in [5, 5.41) is 0. The maximum Gasteiger partial charge on any atom is 0.377 e. The van der Waals surface area contributed by atoms with E-state index >= 15 is 0 Å². The van der Waals surface area contributed by atoms with Crippen LogP contribution in [0.4, 0.5) is 0 Å². The van der Waals surface area contributed by atoms with Crippen molar-refractivity contribution in [1.82, 2.24) is 0 Å². The Kier molecular flexibility index (Phi) is 9.51. The highest BCUT2D eigenvalue weighted by molar-refractivity contribution is 5.94. The third kappa shape index (κ3) is 6.00. The minimum atomic E-state index is -0.520. The van der Waals surface area contributed by atoms with Crippen LogP contribution in [0.5, 0.6) is 5.75 Å². The summed E-state index contributed by atoms with van der Waals surface area (Å²) in [6.45, 7) is 4.16. The second-order valence-corrected chi connectivity index (χ2v) is 5.70. The summed E-state index contributed by atoms with van der Waals surface area (Å²) in [6, 6.07) is 7.30. The van der Waals surface area contributed by atoms with Gasteiger partial charge in [-0.1, -0.05) is 38.8 Å². The molecule has 0 spiro atoms. The summed E-state index contributed by atoms with van der Waals surface area (Å²) >= 11 is 0. The number of para-hydroxylation sites is 1. The molecule has 0 saturated heterocycles. The first-order valence-electron chi connectivity index (χ1n) is 8.79. The molecule has 0 aliphatic heterocycles. The quantitative estimate of drug-likeness (QED) is 0.253. The summed E-state index contributed by atoms with van der Waals surface area (Å²) in [7, 11) is 4.49. The summed E-state index contributed by atoms with van der Waals surface area (Å²) in [5.41, 5.74) is 0.639. The summed E-state index contributed by atoms with van der Waals surface area (Å²) in [6.07, 6.45) is 4.80. The van der Waals surface area contributed by atoms with E-state index in [0.717, 1.165) is 32.1 Å². The number of rotatable bonds is 11. The van der Waals surface area contributed by atoms with Gasteiger partial charge >= 0.3 is 5.97 Å². The van der Waals surface area contributed by atoms with Crippen LogP contribution in [0.2, 0.25) is 0 Å². The molecule has 0 bridgehead atoms. The third-order valence-electron chi connectivity index (χ3n) is 4.01. The highest BCUT2D eigenvalue weighted by atomic mass is 16.6. The van der Waals surface area contributed by atoms with Gasteiger partial charge in [0.2, 0.25) is 5.76 Å². The largest absolute Gasteiger partial charge is 0.496 e. The van der Waals surface area contributed by atoms with Gasteiger partial charge in [-0.15, -0.1) is 0 Å². The molecule has 0 aliphatic rings. The van der Waals surface area contributed by atoms with Gasteiger partial charge in [-0.25, -0.2) is 4.79 Å². The van der Waals surface area contributed by atoms with E-state index in [9.17, 15) is 4.79 Å². The Morgan fingerprint density at radius 2 is 1.76 bits per heavy atom. The van der Waals surface area contributed by atoms with E-state index in [4.69, 9.17) is 18.9 Å². The first-order valence-corrected chi connectivity index (χ1v) is 8.79. The smallest absolute Gasteiger partial charge is 0.377 e. The second-order valence-electron chi connectivity index (χ2n) is 5.70. The lowest BCUT2D eigenvalue weighted by molar-refractivity contribution is -0.148. The molecule has 1 atom stereocenters. The number of hydrogen-bond acceptors (Lipinski definition) is 5. The van der Waals surface area contributed by atoms with Gasteiger partial charge in [-0.3, -0.25) is 0 Å². The van der Waals surface area contributed by atoms with E-state index in [1.54, 1.807) is 13.2 Å². The van der Waals surface area contributed by atoms with Crippen molar-refractivity contribution in [2.24, 2.45) is 0 Å². The molecule has 0 fully saturated rings. The Morgan fingerprint density at radius 3 is 2.32 bits per heavy atom. The molecule has 5 heteroatoms. The van der Waals surface area contributed by atoms with Crippen LogP contribution in [-0.4, -0.2) is 33.4 Å². The molecule has 1 unspecified atom stereocenters. The fraction of sp³-hybridized carbons (Fsp3) is 0.550. The van der Waals surface area contributed by atoms with Gasteiger partial charge in [0.15, 0.2) is 5.76 Å². The third-order valence-corrected chi connectivity index (χ3v) is 4.01. The molecular weight excluding hydrogens is 320 g/mol. The number of benzene rings is 1. The fourth-order valence-electron chi connectivity index (χ4n) is 2.60. The van der Waals surface area contributed by atoms with E-state index in [-0.39, 0.29) is 11.9 Å². The number of esters is 1. The molecule has 0 saturated carbocycles. The first-order chi connectivity index (χ1) is 12.1.